The van der Waals surface area contributed by atoms with Gasteiger partial charge in [-0.15, -0.1) is 0 Å². The van der Waals surface area contributed by atoms with Crippen molar-refractivity contribution >= 4 is 0 Å². The lowest BCUT2D eigenvalue weighted by molar-refractivity contribution is -0.335. The Bertz CT molecular complexity index is 458. The molecule has 154 valence electrons. The molecular weight excluding hydrogens is 352 g/mol. The Labute approximate surface area is 151 Å². The monoisotopic (exact) mass is 382 g/mol. The summed E-state index contributed by atoms with van der Waals surface area (Å²) >= 11 is 0. The van der Waals surface area contributed by atoms with Gasteiger partial charge in [-0.3, -0.25) is 0 Å². The molecule has 2 aliphatic rings. The first-order chi connectivity index (χ1) is 12.1. The van der Waals surface area contributed by atoms with Gasteiger partial charge in [0.05, 0.1) is 31.5 Å². The van der Waals surface area contributed by atoms with Crippen molar-refractivity contribution in [3.8, 4) is 0 Å². The van der Waals surface area contributed by atoms with Gasteiger partial charge < -0.3 is 50.0 Å². The van der Waals surface area contributed by atoms with E-state index in [1.807, 2.05) is 0 Å². The Hall–Kier alpha value is -0.400. The zero-order valence-electron chi connectivity index (χ0n) is 14.9. The fourth-order valence-electron chi connectivity index (χ4n) is 3.44. The second-order valence-electron chi connectivity index (χ2n) is 7.49. The van der Waals surface area contributed by atoms with E-state index in [9.17, 15) is 35.7 Å². The first-order valence-electron chi connectivity index (χ1n) is 8.68. The standard InChI is InChI=1S/C16H30O10/c1-15(2,10-3-4-16(7-19,25-10)9(20)6-18)26-14-13(23)12(22)11(21)8(5-17)24-14/h8-14,17-23H,3-7H2,1-2H3/t8-,9?,10-,11-,12+,13-,14+,16+/m1/s1. The molecule has 10 nitrogen and oxygen atoms in total. The minimum atomic E-state index is -1.56. The van der Waals surface area contributed by atoms with Gasteiger partial charge in [0, 0.05) is 0 Å². The zero-order valence-corrected chi connectivity index (χ0v) is 14.9. The second-order valence-corrected chi connectivity index (χ2v) is 7.49. The molecule has 7 N–H and O–H groups in total. The molecule has 2 aliphatic heterocycles. The van der Waals surface area contributed by atoms with Crippen molar-refractivity contribution in [1.82, 2.24) is 0 Å². The Balaban J connectivity index is 2.08. The maximum Gasteiger partial charge on any atom is 0.187 e. The van der Waals surface area contributed by atoms with Crippen molar-refractivity contribution in [2.24, 2.45) is 0 Å². The summed E-state index contributed by atoms with van der Waals surface area (Å²) in [4.78, 5) is 0. The fraction of sp³-hybridized carbons (Fsp3) is 1.00. The number of ether oxygens (including phenoxy) is 3. The van der Waals surface area contributed by atoms with Gasteiger partial charge in [0.25, 0.3) is 0 Å². The van der Waals surface area contributed by atoms with Crippen LogP contribution in [-0.2, 0) is 14.2 Å². The lowest BCUT2D eigenvalue weighted by Gasteiger charge is -2.44. The summed E-state index contributed by atoms with van der Waals surface area (Å²) in [5.41, 5.74) is -2.38. The third-order valence-corrected chi connectivity index (χ3v) is 5.30. The topological polar surface area (TPSA) is 169 Å². The van der Waals surface area contributed by atoms with E-state index in [4.69, 9.17) is 14.2 Å². The van der Waals surface area contributed by atoms with Crippen LogP contribution in [0, 0.1) is 0 Å². The molecule has 0 aromatic carbocycles. The van der Waals surface area contributed by atoms with Crippen LogP contribution in [0.5, 0.6) is 0 Å². The Morgan fingerprint density at radius 2 is 1.77 bits per heavy atom. The minimum absolute atomic E-state index is 0.289. The molecule has 0 aliphatic carbocycles. The summed E-state index contributed by atoms with van der Waals surface area (Å²) < 4.78 is 16.9. The van der Waals surface area contributed by atoms with Gasteiger partial charge >= 0.3 is 0 Å². The summed E-state index contributed by atoms with van der Waals surface area (Å²) in [6.07, 6.45) is -8.17. The Morgan fingerprint density at radius 1 is 1.12 bits per heavy atom. The summed E-state index contributed by atoms with van der Waals surface area (Å²) in [5, 5.41) is 67.8. The summed E-state index contributed by atoms with van der Waals surface area (Å²) in [6.45, 7) is 1.68. The highest BCUT2D eigenvalue weighted by Gasteiger charge is 2.52. The number of hydrogen-bond acceptors (Lipinski definition) is 10. The molecule has 0 spiro atoms. The molecule has 0 radical (unpaired) electrons. The van der Waals surface area contributed by atoms with E-state index in [1.165, 1.54) is 0 Å². The predicted molar refractivity (Wildman–Crippen MR) is 85.9 cm³/mol. The van der Waals surface area contributed by atoms with Crippen molar-refractivity contribution in [3.63, 3.8) is 0 Å². The van der Waals surface area contributed by atoms with E-state index >= 15 is 0 Å². The molecule has 0 aromatic heterocycles. The highest BCUT2D eigenvalue weighted by atomic mass is 16.7. The van der Waals surface area contributed by atoms with Crippen LogP contribution in [0.25, 0.3) is 0 Å². The normalized spacial score (nSPS) is 42.8. The first kappa shape index (κ1) is 21.9. The van der Waals surface area contributed by atoms with E-state index in [1.54, 1.807) is 13.8 Å². The molecule has 1 unspecified atom stereocenters. The third kappa shape index (κ3) is 4.04. The number of hydrogen-bond donors (Lipinski definition) is 7. The van der Waals surface area contributed by atoms with E-state index < -0.39 is 73.9 Å². The van der Waals surface area contributed by atoms with Gasteiger partial charge in [-0.2, -0.15) is 0 Å². The SMILES string of the molecule is CC(C)(O[C@@H]1O[C@H](CO)[C@@H](O)[C@H](O)[C@H]1O)[C@H]1CC[C@](CO)(C(O)CO)O1. The summed E-state index contributed by atoms with van der Waals surface area (Å²) in [7, 11) is 0. The smallest absolute Gasteiger partial charge is 0.187 e. The molecule has 0 amide bonds. The highest BCUT2D eigenvalue weighted by molar-refractivity contribution is 4.99. The van der Waals surface area contributed by atoms with Gasteiger partial charge in [0.2, 0.25) is 0 Å². The molecule has 2 fully saturated rings. The molecule has 2 rings (SSSR count). The minimum Gasteiger partial charge on any atom is -0.394 e. The van der Waals surface area contributed by atoms with Gasteiger partial charge in [-0.25, -0.2) is 0 Å². The number of rotatable bonds is 7. The molecule has 0 bridgehead atoms. The lowest BCUT2D eigenvalue weighted by Crippen LogP contribution is -2.61. The van der Waals surface area contributed by atoms with Gasteiger partial charge in [0.1, 0.15) is 36.1 Å². The average Bonchev–Trinajstić information content (AvgIpc) is 3.08. The third-order valence-electron chi connectivity index (χ3n) is 5.30. The summed E-state index contributed by atoms with van der Waals surface area (Å²) in [5.74, 6) is 0. The largest absolute Gasteiger partial charge is 0.394 e. The molecule has 26 heavy (non-hydrogen) atoms. The van der Waals surface area contributed by atoms with Crippen LogP contribution in [0.4, 0.5) is 0 Å². The first-order valence-corrected chi connectivity index (χ1v) is 8.68. The van der Waals surface area contributed by atoms with Crippen molar-refractivity contribution in [2.45, 2.75) is 80.8 Å². The predicted octanol–water partition coefficient (Wildman–Crippen LogP) is -3.16. The zero-order chi connectivity index (χ0) is 19.7. The van der Waals surface area contributed by atoms with Crippen LogP contribution in [-0.4, -0.2) is 110 Å². The van der Waals surface area contributed by atoms with Crippen molar-refractivity contribution < 1.29 is 50.0 Å². The van der Waals surface area contributed by atoms with E-state index in [-0.39, 0.29) is 6.42 Å². The lowest BCUT2D eigenvalue weighted by atomic mass is 9.92. The molecule has 8 atom stereocenters. The summed E-state index contributed by atoms with van der Waals surface area (Å²) in [6, 6.07) is 0. The highest BCUT2D eigenvalue weighted by Crippen LogP contribution is 2.40. The van der Waals surface area contributed by atoms with Crippen LogP contribution in [0.1, 0.15) is 26.7 Å². The van der Waals surface area contributed by atoms with Crippen molar-refractivity contribution in [1.29, 1.82) is 0 Å². The molecule has 0 saturated carbocycles. The van der Waals surface area contributed by atoms with E-state index in [2.05, 4.69) is 0 Å². The molecule has 2 saturated heterocycles. The van der Waals surface area contributed by atoms with Crippen molar-refractivity contribution in [2.75, 3.05) is 19.8 Å². The number of aliphatic hydroxyl groups is 7. The molecule has 2 heterocycles. The van der Waals surface area contributed by atoms with Gasteiger partial charge in [0.15, 0.2) is 6.29 Å². The average molecular weight is 382 g/mol. The number of aliphatic hydroxyl groups excluding tert-OH is 7. The van der Waals surface area contributed by atoms with Crippen LogP contribution in [0.3, 0.4) is 0 Å². The van der Waals surface area contributed by atoms with Crippen LogP contribution >= 0.6 is 0 Å². The Kier molecular flexibility index (Phi) is 7.00. The maximum atomic E-state index is 10.1. The van der Waals surface area contributed by atoms with Crippen LogP contribution in [0.15, 0.2) is 0 Å². The molecule has 0 aromatic rings. The fourth-order valence-corrected chi connectivity index (χ4v) is 3.44. The van der Waals surface area contributed by atoms with E-state index in [0.717, 1.165) is 0 Å². The van der Waals surface area contributed by atoms with Gasteiger partial charge in [-0.05, 0) is 26.7 Å². The van der Waals surface area contributed by atoms with E-state index in [0.29, 0.717) is 6.42 Å². The second kappa shape index (κ2) is 8.31. The quantitative estimate of drug-likeness (QED) is 0.239. The van der Waals surface area contributed by atoms with Crippen molar-refractivity contribution in [3.05, 3.63) is 0 Å². The molecule has 10 heteroatoms. The molecular formula is C16H30O10. The maximum absolute atomic E-state index is 10.1. The van der Waals surface area contributed by atoms with Gasteiger partial charge in [-0.1, -0.05) is 0 Å². The van der Waals surface area contributed by atoms with Crippen LogP contribution in [0.2, 0.25) is 0 Å². The Morgan fingerprint density at radius 3 is 2.31 bits per heavy atom. The van der Waals surface area contributed by atoms with Crippen LogP contribution < -0.4 is 0 Å².